The maximum Gasteiger partial charge on any atom is 0.237 e. The van der Waals surface area contributed by atoms with Crippen molar-refractivity contribution in [2.45, 2.75) is 32.0 Å². The molecule has 7 nitrogen and oxygen atoms in total. The number of hydrogen-bond donors (Lipinski definition) is 3. The number of nitrogens with two attached hydrogens (primary N) is 1. The molecule has 0 aromatic carbocycles. The van der Waals surface area contributed by atoms with Crippen LogP contribution in [0.4, 0.5) is 0 Å². The smallest absolute Gasteiger partial charge is 0.237 e. The van der Waals surface area contributed by atoms with Crippen LogP contribution in [0.1, 0.15) is 19.1 Å². The summed E-state index contributed by atoms with van der Waals surface area (Å²) in [5, 5.41) is 9.65. The number of rotatable bonds is 5. The van der Waals surface area contributed by atoms with Gasteiger partial charge in [-0.25, -0.2) is 0 Å². The number of furan rings is 1. The van der Waals surface area contributed by atoms with Crippen molar-refractivity contribution in [3.8, 4) is 11.5 Å². The zero-order chi connectivity index (χ0) is 15.5. The van der Waals surface area contributed by atoms with E-state index in [1.54, 1.807) is 6.20 Å². The number of carbonyl (C=O) groups is 1. The molecule has 3 heterocycles. The number of nitrogens with zero attached hydrogens (tertiary/aromatic N) is 2. The van der Waals surface area contributed by atoms with E-state index in [1.165, 1.54) is 0 Å². The highest BCUT2D eigenvalue weighted by Gasteiger charge is 2.35. The van der Waals surface area contributed by atoms with Gasteiger partial charge in [0, 0.05) is 25.3 Å². The van der Waals surface area contributed by atoms with Gasteiger partial charge in [-0.15, -0.1) is 0 Å². The maximum absolute atomic E-state index is 12.1. The van der Waals surface area contributed by atoms with E-state index >= 15 is 0 Å². The molecule has 1 aliphatic heterocycles. The molecule has 7 heteroatoms. The average Bonchev–Trinajstić information content (AvgIpc) is 3.19. The fourth-order valence-corrected chi connectivity index (χ4v) is 2.88. The number of aromatic amines is 1. The number of amides is 1. The summed E-state index contributed by atoms with van der Waals surface area (Å²) in [6.07, 6.45) is 2.36. The van der Waals surface area contributed by atoms with Gasteiger partial charge in [-0.3, -0.25) is 14.8 Å². The van der Waals surface area contributed by atoms with Crippen molar-refractivity contribution in [2.75, 3.05) is 13.1 Å². The number of nitrogens with one attached hydrogen (secondary N) is 2. The number of carbonyl (C=O) groups excluding carboxylic acids is 1. The van der Waals surface area contributed by atoms with Crippen molar-refractivity contribution in [1.29, 1.82) is 0 Å². The zero-order valence-electron chi connectivity index (χ0n) is 12.6. The number of aromatic nitrogens is 2. The number of likely N-dealkylation sites (tertiary alicyclic amines) is 1. The highest BCUT2D eigenvalue weighted by atomic mass is 16.3. The lowest BCUT2D eigenvalue weighted by molar-refractivity contribution is -0.125. The highest BCUT2D eigenvalue weighted by molar-refractivity contribution is 5.82. The van der Waals surface area contributed by atoms with Crippen molar-refractivity contribution in [1.82, 2.24) is 20.4 Å². The number of hydrogen-bond acceptors (Lipinski definition) is 5. The van der Waals surface area contributed by atoms with Crippen LogP contribution in [0.5, 0.6) is 0 Å². The van der Waals surface area contributed by atoms with Crippen LogP contribution in [-0.2, 0) is 11.3 Å². The Morgan fingerprint density at radius 2 is 2.41 bits per heavy atom. The molecule has 118 valence electrons. The largest absolute Gasteiger partial charge is 0.458 e. The van der Waals surface area contributed by atoms with E-state index in [0.717, 1.165) is 17.2 Å². The Kier molecular flexibility index (Phi) is 4.26. The van der Waals surface area contributed by atoms with Crippen molar-refractivity contribution < 1.29 is 9.21 Å². The third-order valence-corrected chi connectivity index (χ3v) is 3.88. The predicted octanol–water partition coefficient (Wildman–Crippen LogP) is 0.707. The summed E-state index contributed by atoms with van der Waals surface area (Å²) in [7, 11) is 0. The van der Waals surface area contributed by atoms with Crippen molar-refractivity contribution in [2.24, 2.45) is 5.73 Å². The zero-order valence-corrected chi connectivity index (χ0v) is 12.6. The third-order valence-electron chi connectivity index (χ3n) is 3.88. The van der Waals surface area contributed by atoms with Gasteiger partial charge < -0.3 is 15.5 Å². The van der Waals surface area contributed by atoms with E-state index in [1.807, 2.05) is 25.1 Å². The van der Waals surface area contributed by atoms with E-state index in [9.17, 15) is 4.79 Å². The summed E-state index contributed by atoms with van der Waals surface area (Å²) in [5.74, 6) is 1.59. The van der Waals surface area contributed by atoms with Gasteiger partial charge in [0.1, 0.15) is 11.5 Å². The third kappa shape index (κ3) is 3.05. The summed E-state index contributed by atoms with van der Waals surface area (Å²) in [6.45, 7) is 3.81. The number of likely N-dealkylation sites (N-methyl/N-ethyl adjacent to an activating group) is 1. The van der Waals surface area contributed by atoms with Crippen molar-refractivity contribution in [3.63, 3.8) is 0 Å². The summed E-state index contributed by atoms with van der Waals surface area (Å²) in [4.78, 5) is 14.2. The quantitative estimate of drug-likeness (QED) is 0.755. The Morgan fingerprint density at radius 1 is 1.55 bits per heavy atom. The molecule has 0 aliphatic carbocycles. The summed E-state index contributed by atoms with van der Waals surface area (Å²) in [5.41, 5.74) is 6.86. The van der Waals surface area contributed by atoms with Gasteiger partial charge in [0.2, 0.25) is 5.91 Å². The first-order valence-corrected chi connectivity index (χ1v) is 7.53. The molecule has 0 unspecified atom stereocenters. The van der Waals surface area contributed by atoms with Crippen LogP contribution in [0.25, 0.3) is 11.5 Å². The normalized spacial score (nSPS) is 22.1. The number of H-pyrrole nitrogens is 1. The van der Waals surface area contributed by atoms with Gasteiger partial charge in [-0.05, 0) is 31.5 Å². The van der Waals surface area contributed by atoms with Crippen molar-refractivity contribution >= 4 is 5.91 Å². The average molecular weight is 303 g/mol. The minimum Gasteiger partial charge on any atom is -0.458 e. The predicted molar refractivity (Wildman–Crippen MR) is 81.8 cm³/mol. The molecule has 2 aromatic heterocycles. The summed E-state index contributed by atoms with van der Waals surface area (Å²) in [6, 6.07) is 5.52. The molecule has 1 fully saturated rings. The lowest BCUT2D eigenvalue weighted by Crippen LogP contribution is -2.42. The standard InChI is InChI=1S/C15H21N5O2/c1-2-17-15(21)13-7-10(16)8-20(13)9-11-3-4-14(22-11)12-5-6-18-19-12/h3-6,10,13H,2,7-9,16H2,1H3,(H,17,21)(H,18,19)/t10-,13-/m0/s1. The lowest BCUT2D eigenvalue weighted by Gasteiger charge is -2.22. The molecular weight excluding hydrogens is 282 g/mol. The Balaban J connectivity index is 1.70. The van der Waals surface area contributed by atoms with E-state index in [2.05, 4.69) is 20.4 Å². The SMILES string of the molecule is CCNC(=O)[C@@H]1C[C@H](N)CN1Cc1ccc(-c2ccn[nH]2)o1. The highest BCUT2D eigenvalue weighted by Crippen LogP contribution is 2.24. The minimum absolute atomic E-state index is 0.0228. The van der Waals surface area contributed by atoms with E-state index < -0.39 is 0 Å². The van der Waals surface area contributed by atoms with Gasteiger partial charge in [0.25, 0.3) is 0 Å². The molecular formula is C15H21N5O2. The molecule has 22 heavy (non-hydrogen) atoms. The molecule has 0 saturated carbocycles. The fraction of sp³-hybridized carbons (Fsp3) is 0.467. The first-order valence-electron chi connectivity index (χ1n) is 7.53. The molecule has 1 saturated heterocycles. The Morgan fingerprint density at radius 3 is 3.14 bits per heavy atom. The van der Waals surface area contributed by atoms with Crippen LogP contribution in [0.2, 0.25) is 0 Å². The van der Waals surface area contributed by atoms with E-state index in [0.29, 0.717) is 26.1 Å². The molecule has 0 radical (unpaired) electrons. The van der Waals surface area contributed by atoms with Crippen LogP contribution in [-0.4, -0.2) is 46.2 Å². The molecule has 2 atom stereocenters. The lowest BCUT2D eigenvalue weighted by atomic mass is 10.1. The molecule has 1 aliphatic rings. The Labute approximate surface area is 128 Å². The van der Waals surface area contributed by atoms with Gasteiger partial charge >= 0.3 is 0 Å². The Hall–Kier alpha value is -2.12. The fourth-order valence-electron chi connectivity index (χ4n) is 2.88. The first kappa shape index (κ1) is 14.8. The maximum atomic E-state index is 12.1. The van der Waals surface area contributed by atoms with E-state index in [4.69, 9.17) is 10.2 Å². The second kappa shape index (κ2) is 6.33. The van der Waals surface area contributed by atoms with Crippen LogP contribution in [0.15, 0.2) is 28.8 Å². The van der Waals surface area contributed by atoms with Crippen LogP contribution < -0.4 is 11.1 Å². The monoisotopic (exact) mass is 303 g/mol. The van der Waals surface area contributed by atoms with Gasteiger partial charge in [-0.1, -0.05) is 0 Å². The van der Waals surface area contributed by atoms with E-state index in [-0.39, 0.29) is 18.0 Å². The minimum atomic E-state index is -0.185. The van der Waals surface area contributed by atoms with Crippen molar-refractivity contribution in [3.05, 3.63) is 30.2 Å². The topological polar surface area (TPSA) is 100 Å². The molecule has 2 aromatic rings. The second-order valence-electron chi connectivity index (χ2n) is 5.57. The molecule has 3 rings (SSSR count). The van der Waals surface area contributed by atoms with Crippen LogP contribution in [0, 0.1) is 0 Å². The van der Waals surface area contributed by atoms with Gasteiger partial charge in [0.05, 0.1) is 12.6 Å². The van der Waals surface area contributed by atoms with Gasteiger partial charge in [0.15, 0.2) is 5.76 Å². The summed E-state index contributed by atoms with van der Waals surface area (Å²) >= 11 is 0. The Bertz CT molecular complexity index is 622. The van der Waals surface area contributed by atoms with Crippen LogP contribution in [0.3, 0.4) is 0 Å². The van der Waals surface area contributed by atoms with Gasteiger partial charge in [-0.2, -0.15) is 5.10 Å². The molecule has 1 amide bonds. The molecule has 0 spiro atoms. The summed E-state index contributed by atoms with van der Waals surface area (Å²) < 4.78 is 5.83. The van der Waals surface area contributed by atoms with Crippen LogP contribution >= 0.6 is 0 Å². The molecule has 0 bridgehead atoms. The molecule has 4 N–H and O–H groups in total. The first-order chi connectivity index (χ1) is 10.7. The second-order valence-corrected chi connectivity index (χ2v) is 5.57.